The van der Waals surface area contributed by atoms with E-state index in [1.165, 1.54) is 15.9 Å². The van der Waals surface area contributed by atoms with Gasteiger partial charge in [0.2, 0.25) is 10.0 Å². The Hall–Kier alpha value is -2.10. The van der Waals surface area contributed by atoms with Gasteiger partial charge >= 0.3 is 0 Å². The number of nitrogens with one attached hydrogen (secondary N) is 1. The number of sulfonamides is 2. The van der Waals surface area contributed by atoms with E-state index in [0.29, 0.717) is 24.5 Å². The molecule has 1 heterocycles. The van der Waals surface area contributed by atoms with E-state index >= 15 is 0 Å². The van der Waals surface area contributed by atoms with Crippen LogP contribution < -0.4 is 9.62 Å². The summed E-state index contributed by atoms with van der Waals surface area (Å²) in [6.07, 6.45) is 4.95. The molecule has 9 heteroatoms. The fourth-order valence-electron chi connectivity index (χ4n) is 4.62. The maximum atomic E-state index is 13.3. The monoisotopic (exact) mass is 477 g/mol. The topological polar surface area (TPSA) is 86.8 Å². The van der Waals surface area contributed by atoms with Crippen LogP contribution in [0.1, 0.15) is 44.2 Å². The van der Waals surface area contributed by atoms with E-state index in [4.69, 9.17) is 0 Å². The third kappa shape index (κ3) is 4.38. The van der Waals surface area contributed by atoms with Crippen LogP contribution >= 0.6 is 0 Å². The van der Waals surface area contributed by atoms with Crippen LogP contribution in [0.5, 0.6) is 0 Å². The molecule has 32 heavy (non-hydrogen) atoms. The molecule has 0 aromatic heterocycles. The summed E-state index contributed by atoms with van der Waals surface area (Å²) in [5.74, 6) is 0. The maximum Gasteiger partial charge on any atom is 0.261 e. The molecule has 2 aromatic rings. The van der Waals surface area contributed by atoms with Crippen molar-refractivity contribution in [2.75, 3.05) is 35.8 Å². The largest absolute Gasteiger partial charge is 0.370 e. The van der Waals surface area contributed by atoms with Gasteiger partial charge in [-0.2, -0.15) is 4.31 Å². The predicted octanol–water partition coefficient (Wildman–Crippen LogP) is 3.61. The Morgan fingerprint density at radius 1 is 0.844 bits per heavy atom. The van der Waals surface area contributed by atoms with Crippen LogP contribution in [0.25, 0.3) is 0 Å². The zero-order chi connectivity index (χ0) is 22.9. The van der Waals surface area contributed by atoms with Gasteiger partial charge in [0.15, 0.2) is 0 Å². The highest BCUT2D eigenvalue weighted by atomic mass is 32.2. The molecule has 1 aliphatic carbocycles. The van der Waals surface area contributed by atoms with Crippen molar-refractivity contribution in [3.05, 3.63) is 47.5 Å². The van der Waals surface area contributed by atoms with Crippen LogP contribution in [0.15, 0.2) is 46.2 Å². The molecule has 0 unspecified atom stereocenters. The summed E-state index contributed by atoms with van der Waals surface area (Å²) in [4.78, 5) is 2.41. The molecule has 0 spiro atoms. The molecule has 0 bridgehead atoms. The molecule has 2 aliphatic rings. The van der Waals surface area contributed by atoms with Gasteiger partial charge in [0.05, 0.1) is 21.2 Å². The van der Waals surface area contributed by atoms with E-state index in [9.17, 15) is 16.8 Å². The van der Waals surface area contributed by atoms with E-state index in [-0.39, 0.29) is 9.79 Å². The molecule has 0 saturated carbocycles. The molecule has 0 radical (unpaired) electrons. The number of anilines is 2. The quantitative estimate of drug-likeness (QED) is 0.628. The molecule has 1 saturated heterocycles. The molecule has 1 aliphatic heterocycles. The third-order valence-electron chi connectivity index (χ3n) is 6.38. The van der Waals surface area contributed by atoms with Crippen LogP contribution in [0, 0.1) is 0 Å². The SMILES string of the molecule is CCN(CC)S(=O)(=O)c1ccc(N2CCCC2)c(NS(=O)(=O)c2ccc3c(c2)CCC3)c1. The lowest BCUT2D eigenvalue weighted by atomic mass is 10.1. The molecular formula is C23H31N3O4S2. The van der Waals surface area contributed by atoms with Gasteiger partial charge in [-0.05, 0) is 73.6 Å². The second-order valence-corrected chi connectivity index (χ2v) is 12.0. The summed E-state index contributed by atoms with van der Waals surface area (Å²) in [5.41, 5.74) is 3.30. The minimum atomic E-state index is -3.87. The van der Waals surface area contributed by atoms with Crippen molar-refractivity contribution in [2.45, 2.75) is 55.7 Å². The van der Waals surface area contributed by atoms with Crippen LogP contribution in [-0.4, -0.2) is 47.3 Å². The van der Waals surface area contributed by atoms with Crippen LogP contribution in [0.3, 0.4) is 0 Å². The summed E-state index contributed by atoms with van der Waals surface area (Å²) < 4.78 is 56.8. The molecular weight excluding hydrogens is 446 g/mol. The van der Waals surface area contributed by atoms with E-state index in [1.807, 2.05) is 6.07 Å². The lowest BCUT2D eigenvalue weighted by Crippen LogP contribution is -2.31. The second kappa shape index (κ2) is 9.03. The molecule has 174 valence electrons. The first kappa shape index (κ1) is 23.1. The number of hydrogen-bond acceptors (Lipinski definition) is 5. The minimum absolute atomic E-state index is 0.0933. The van der Waals surface area contributed by atoms with Gasteiger partial charge in [-0.15, -0.1) is 0 Å². The first-order valence-corrected chi connectivity index (χ1v) is 14.2. The summed E-state index contributed by atoms with van der Waals surface area (Å²) in [5, 5.41) is 0. The number of fused-ring (bicyclic) bond motifs is 1. The summed E-state index contributed by atoms with van der Waals surface area (Å²) >= 11 is 0. The van der Waals surface area contributed by atoms with Gasteiger partial charge in [0.25, 0.3) is 10.0 Å². The van der Waals surface area contributed by atoms with Crippen molar-refractivity contribution in [1.29, 1.82) is 0 Å². The van der Waals surface area contributed by atoms with Gasteiger partial charge in [0, 0.05) is 26.2 Å². The number of nitrogens with zero attached hydrogens (tertiary/aromatic N) is 2. The molecule has 0 amide bonds. The number of rotatable bonds is 8. The second-order valence-electron chi connectivity index (χ2n) is 8.35. The Kier molecular flexibility index (Phi) is 6.51. The zero-order valence-electron chi connectivity index (χ0n) is 18.7. The van der Waals surface area contributed by atoms with Crippen molar-refractivity contribution in [3.8, 4) is 0 Å². The highest BCUT2D eigenvalue weighted by Crippen LogP contribution is 2.34. The molecule has 2 aromatic carbocycles. The summed E-state index contributed by atoms with van der Waals surface area (Å²) in [6, 6.07) is 10.0. The van der Waals surface area contributed by atoms with Crippen molar-refractivity contribution in [2.24, 2.45) is 0 Å². The van der Waals surface area contributed by atoms with Crippen molar-refractivity contribution in [1.82, 2.24) is 4.31 Å². The van der Waals surface area contributed by atoms with Gasteiger partial charge in [0.1, 0.15) is 0 Å². The summed E-state index contributed by atoms with van der Waals surface area (Å²) in [6.45, 7) is 5.91. The Labute approximate surface area is 191 Å². The lowest BCUT2D eigenvalue weighted by molar-refractivity contribution is 0.445. The van der Waals surface area contributed by atoms with E-state index < -0.39 is 20.0 Å². The fraction of sp³-hybridized carbons (Fsp3) is 0.478. The Bertz CT molecular complexity index is 1200. The highest BCUT2D eigenvalue weighted by Gasteiger charge is 2.27. The van der Waals surface area contributed by atoms with Crippen LogP contribution in [0.2, 0.25) is 0 Å². The maximum absolute atomic E-state index is 13.3. The zero-order valence-corrected chi connectivity index (χ0v) is 20.3. The number of aryl methyl sites for hydroxylation is 2. The fourth-order valence-corrected chi connectivity index (χ4v) is 7.22. The van der Waals surface area contributed by atoms with Gasteiger partial charge in [-0.1, -0.05) is 19.9 Å². The average Bonchev–Trinajstić information content (AvgIpc) is 3.45. The van der Waals surface area contributed by atoms with Crippen molar-refractivity contribution in [3.63, 3.8) is 0 Å². The van der Waals surface area contributed by atoms with Gasteiger partial charge < -0.3 is 4.90 Å². The van der Waals surface area contributed by atoms with Gasteiger partial charge in [-0.3, -0.25) is 4.72 Å². The van der Waals surface area contributed by atoms with E-state index in [0.717, 1.165) is 50.8 Å². The normalized spacial score (nSPS) is 16.5. The molecule has 7 nitrogen and oxygen atoms in total. The Morgan fingerprint density at radius 3 is 2.19 bits per heavy atom. The highest BCUT2D eigenvalue weighted by molar-refractivity contribution is 7.92. The molecule has 4 rings (SSSR count). The van der Waals surface area contributed by atoms with Crippen molar-refractivity contribution < 1.29 is 16.8 Å². The predicted molar refractivity (Wildman–Crippen MR) is 127 cm³/mol. The summed E-state index contributed by atoms with van der Waals surface area (Å²) in [7, 11) is -7.58. The molecule has 1 fully saturated rings. The molecule has 1 N–H and O–H groups in total. The van der Waals surface area contributed by atoms with E-state index in [1.54, 1.807) is 38.1 Å². The molecule has 0 atom stereocenters. The van der Waals surface area contributed by atoms with E-state index in [2.05, 4.69) is 9.62 Å². The Morgan fingerprint density at radius 2 is 1.50 bits per heavy atom. The number of hydrogen-bond donors (Lipinski definition) is 1. The minimum Gasteiger partial charge on any atom is -0.370 e. The smallest absolute Gasteiger partial charge is 0.261 e. The lowest BCUT2D eigenvalue weighted by Gasteiger charge is -2.24. The van der Waals surface area contributed by atoms with Crippen LogP contribution in [-0.2, 0) is 32.9 Å². The third-order valence-corrected chi connectivity index (χ3v) is 9.79. The van der Waals surface area contributed by atoms with Gasteiger partial charge in [-0.25, -0.2) is 16.8 Å². The first-order chi connectivity index (χ1) is 15.3. The first-order valence-electron chi connectivity index (χ1n) is 11.3. The number of benzene rings is 2. The van der Waals surface area contributed by atoms with Crippen LogP contribution in [0.4, 0.5) is 11.4 Å². The standard InChI is InChI=1S/C23H31N3O4S2/c1-3-26(4-2)32(29,30)21-12-13-23(25-14-5-6-15-25)22(17-21)24-31(27,28)20-11-10-18-8-7-9-19(18)16-20/h10-13,16-17,24H,3-9,14-15H2,1-2H3. The average molecular weight is 478 g/mol. The Balaban J connectivity index is 1.75. The van der Waals surface area contributed by atoms with Crippen molar-refractivity contribution >= 4 is 31.4 Å².